The summed E-state index contributed by atoms with van der Waals surface area (Å²) in [6.45, 7) is 5.14. The average molecular weight is 363 g/mol. The summed E-state index contributed by atoms with van der Waals surface area (Å²) in [5.41, 5.74) is 4.63. The first kappa shape index (κ1) is 16.4. The van der Waals surface area contributed by atoms with Gasteiger partial charge in [0.1, 0.15) is 5.75 Å². The lowest BCUT2D eigenvalue weighted by atomic mass is 9.94. The van der Waals surface area contributed by atoms with E-state index in [0.29, 0.717) is 11.5 Å². The molecule has 4 heterocycles. The van der Waals surface area contributed by atoms with Gasteiger partial charge < -0.3 is 9.63 Å². The summed E-state index contributed by atoms with van der Waals surface area (Å²) in [6, 6.07) is 3.21. The minimum absolute atomic E-state index is 0.0216. The molecular weight excluding hydrogens is 342 g/mol. The summed E-state index contributed by atoms with van der Waals surface area (Å²) >= 11 is 0. The van der Waals surface area contributed by atoms with E-state index in [1.54, 1.807) is 18.3 Å². The predicted octanol–water partition coefficient (Wildman–Crippen LogP) is 2.98. The lowest BCUT2D eigenvalue weighted by molar-refractivity contribution is 0.243. The Morgan fingerprint density at radius 2 is 2.19 bits per heavy atom. The highest BCUT2D eigenvalue weighted by Gasteiger charge is 2.29. The normalized spacial score (nSPS) is 17.1. The van der Waals surface area contributed by atoms with Gasteiger partial charge >= 0.3 is 0 Å². The second kappa shape index (κ2) is 6.42. The Hall–Kier alpha value is -2.80. The number of hydrogen-bond donors (Lipinski definition) is 1. The molecule has 1 N–H and O–H groups in total. The minimum atomic E-state index is 0.0216. The molecule has 0 bridgehead atoms. The quantitative estimate of drug-likeness (QED) is 0.762. The molecule has 0 unspecified atom stereocenters. The number of hydrogen-bond acceptors (Lipinski definition) is 7. The van der Waals surface area contributed by atoms with E-state index in [2.05, 4.69) is 25.0 Å². The molecule has 0 amide bonds. The number of fused-ring (bicyclic) bond motifs is 1. The molecule has 0 aromatic carbocycles. The zero-order valence-corrected chi connectivity index (χ0v) is 15.2. The van der Waals surface area contributed by atoms with Gasteiger partial charge in [0.15, 0.2) is 5.69 Å². The van der Waals surface area contributed by atoms with Crippen LogP contribution in [0.5, 0.6) is 5.75 Å². The maximum Gasteiger partial charge on any atom is 0.280 e. The molecule has 7 nitrogen and oxygen atoms in total. The number of aromatic nitrogens is 4. The van der Waals surface area contributed by atoms with Crippen LogP contribution >= 0.6 is 0 Å². The molecule has 3 aromatic rings. The van der Waals surface area contributed by atoms with Crippen LogP contribution in [0.25, 0.3) is 23.0 Å². The van der Waals surface area contributed by atoms with Crippen molar-refractivity contribution in [3.8, 4) is 28.7 Å². The van der Waals surface area contributed by atoms with Crippen molar-refractivity contribution in [3.63, 3.8) is 0 Å². The fourth-order valence-electron chi connectivity index (χ4n) is 3.81. The summed E-state index contributed by atoms with van der Waals surface area (Å²) in [5, 5.41) is 14.1. The van der Waals surface area contributed by atoms with Crippen molar-refractivity contribution in [2.24, 2.45) is 5.92 Å². The van der Waals surface area contributed by atoms with Crippen LogP contribution in [0.4, 0.5) is 0 Å². The summed E-state index contributed by atoms with van der Waals surface area (Å²) < 4.78 is 5.39. The SMILES string of the molecule is Cc1ncc2c(c1-c1noc(-c3ncccc3O)n1)CCN(CC1CC1)C2. The highest BCUT2D eigenvalue weighted by Crippen LogP contribution is 2.35. The van der Waals surface area contributed by atoms with Gasteiger partial charge in [-0.3, -0.25) is 9.88 Å². The van der Waals surface area contributed by atoms with Gasteiger partial charge in [0, 0.05) is 43.3 Å². The zero-order chi connectivity index (χ0) is 18.4. The minimum Gasteiger partial charge on any atom is -0.505 e. The zero-order valence-electron chi connectivity index (χ0n) is 15.2. The van der Waals surface area contributed by atoms with Crippen molar-refractivity contribution >= 4 is 0 Å². The van der Waals surface area contributed by atoms with Gasteiger partial charge in [-0.05, 0) is 55.4 Å². The van der Waals surface area contributed by atoms with Gasteiger partial charge in [-0.1, -0.05) is 5.16 Å². The van der Waals surface area contributed by atoms with Gasteiger partial charge in [-0.25, -0.2) is 4.98 Å². The molecule has 0 spiro atoms. The number of pyridine rings is 2. The highest BCUT2D eigenvalue weighted by atomic mass is 16.5. The van der Waals surface area contributed by atoms with E-state index in [4.69, 9.17) is 4.52 Å². The van der Waals surface area contributed by atoms with Crippen molar-refractivity contribution in [3.05, 3.63) is 41.3 Å². The Bertz CT molecular complexity index is 996. The van der Waals surface area contributed by atoms with Crippen LogP contribution in [0.15, 0.2) is 29.0 Å². The molecule has 138 valence electrons. The van der Waals surface area contributed by atoms with Gasteiger partial charge in [0.25, 0.3) is 5.89 Å². The molecule has 1 aliphatic heterocycles. The first-order chi connectivity index (χ1) is 13.2. The predicted molar refractivity (Wildman–Crippen MR) is 98.9 cm³/mol. The number of rotatable bonds is 4. The Labute approximate surface area is 157 Å². The molecule has 0 atom stereocenters. The number of aryl methyl sites for hydroxylation is 1. The first-order valence-corrected chi connectivity index (χ1v) is 9.37. The Morgan fingerprint density at radius 3 is 3.00 bits per heavy atom. The third-order valence-corrected chi connectivity index (χ3v) is 5.39. The molecule has 0 saturated heterocycles. The smallest absolute Gasteiger partial charge is 0.280 e. The maximum atomic E-state index is 9.99. The van der Waals surface area contributed by atoms with E-state index in [9.17, 15) is 5.11 Å². The Balaban J connectivity index is 1.50. The fourth-order valence-corrected chi connectivity index (χ4v) is 3.81. The largest absolute Gasteiger partial charge is 0.505 e. The molecule has 1 saturated carbocycles. The second-order valence-electron chi connectivity index (χ2n) is 7.45. The van der Waals surface area contributed by atoms with Crippen LogP contribution in [0.1, 0.15) is 29.7 Å². The molecule has 1 aliphatic carbocycles. The number of nitrogens with zero attached hydrogens (tertiary/aromatic N) is 5. The lowest BCUT2D eigenvalue weighted by Crippen LogP contribution is -2.32. The molecular formula is C20H21N5O2. The molecule has 7 heteroatoms. The maximum absolute atomic E-state index is 9.99. The van der Waals surface area contributed by atoms with Gasteiger partial charge in [-0.15, -0.1) is 0 Å². The molecule has 1 fully saturated rings. The summed E-state index contributed by atoms with van der Waals surface area (Å²) in [5.74, 6) is 1.63. The van der Waals surface area contributed by atoms with Crippen molar-refractivity contribution in [1.82, 2.24) is 25.0 Å². The summed E-state index contributed by atoms with van der Waals surface area (Å²) in [6.07, 6.45) is 7.27. The van der Waals surface area contributed by atoms with Crippen LogP contribution < -0.4 is 0 Å². The van der Waals surface area contributed by atoms with Crippen LogP contribution in [0.3, 0.4) is 0 Å². The van der Waals surface area contributed by atoms with Crippen LogP contribution in [-0.4, -0.2) is 43.2 Å². The van der Waals surface area contributed by atoms with Crippen molar-refractivity contribution in [2.75, 3.05) is 13.1 Å². The molecule has 5 rings (SSSR count). The summed E-state index contributed by atoms with van der Waals surface area (Å²) in [7, 11) is 0. The molecule has 0 radical (unpaired) electrons. The first-order valence-electron chi connectivity index (χ1n) is 9.37. The third-order valence-electron chi connectivity index (χ3n) is 5.39. The Morgan fingerprint density at radius 1 is 1.30 bits per heavy atom. The van der Waals surface area contributed by atoms with E-state index in [0.717, 1.165) is 36.7 Å². The third kappa shape index (κ3) is 3.08. The van der Waals surface area contributed by atoms with E-state index in [1.165, 1.54) is 30.5 Å². The van der Waals surface area contributed by atoms with Crippen LogP contribution in [0.2, 0.25) is 0 Å². The Kier molecular flexibility index (Phi) is 3.89. The van der Waals surface area contributed by atoms with Gasteiger partial charge in [0.05, 0.1) is 0 Å². The van der Waals surface area contributed by atoms with Crippen LogP contribution in [0, 0.1) is 12.8 Å². The monoisotopic (exact) mass is 363 g/mol. The molecule has 27 heavy (non-hydrogen) atoms. The lowest BCUT2D eigenvalue weighted by Gasteiger charge is -2.29. The second-order valence-corrected chi connectivity index (χ2v) is 7.45. The van der Waals surface area contributed by atoms with E-state index < -0.39 is 0 Å². The van der Waals surface area contributed by atoms with Crippen LogP contribution in [-0.2, 0) is 13.0 Å². The highest BCUT2D eigenvalue weighted by molar-refractivity contribution is 5.67. The fraction of sp³-hybridized carbons (Fsp3) is 0.400. The van der Waals surface area contributed by atoms with E-state index >= 15 is 0 Å². The van der Waals surface area contributed by atoms with Crippen molar-refractivity contribution in [1.29, 1.82) is 0 Å². The summed E-state index contributed by atoms with van der Waals surface area (Å²) in [4.78, 5) is 15.8. The van der Waals surface area contributed by atoms with Gasteiger partial charge in [-0.2, -0.15) is 4.98 Å². The molecule has 2 aliphatic rings. The van der Waals surface area contributed by atoms with Gasteiger partial charge in [0.2, 0.25) is 5.82 Å². The topological polar surface area (TPSA) is 88.2 Å². The average Bonchev–Trinajstić information content (AvgIpc) is 3.36. The molecule has 3 aromatic heterocycles. The van der Waals surface area contributed by atoms with E-state index in [-0.39, 0.29) is 11.6 Å². The van der Waals surface area contributed by atoms with E-state index in [1.807, 2.05) is 13.1 Å². The van der Waals surface area contributed by atoms with Crippen molar-refractivity contribution in [2.45, 2.75) is 32.7 Å². The van der Waals surface area contributed by atoms with Crippen molar-refractivity contribution < 1.29 is 9.63 Å². The number of aromatic hydroxyl groups is 1. The standard InChI is InChI=1S/C20H21N5O2/c1-12-17(19-23-20(27-24-19)18-16(26)3-2-7-21-18)15-6-8-25(10-13-4-5-13)11-14(15)9-22-12/h2-3,7,9,13,26H,4-6,8,10-11H2,1H3.